The molecule has 0 amide bonds. The van der Waals surface area contributed by atoms with E-state index in [1.54, 1.807) is 0 Å². The molecule has 1 rings (SSSR count). The maximum absolute atomic E-state index is 3.54. The van der Waals surface area contributed by atoms with Crippen LogP contribution in [0.15, 0.2) is 0 Å². The van der Waals surface area contributed by atoms with E-state index in [-0.39, 0.29) is 0 Å². The first-order chi connectivity index (χ1) is 6.59. The van der Waals surface area contributed by atoms with Crippen LogP contribution in [0.4, 0.5) is 0 Å². The molecule has 1 heterocycles. The van der Waals surface area contributed by atoms with Crippen LogP contribution >= 0.6 is 0 Å². The monoisotopic (exact) mass is 198 g/mol. The summed E-state index contributed by atoms with van der Waals surface area (Å²) in [6.45, 7) is 10.6. The van der Waals surface area contributed by atoms with Gasteiger partial charge in [0.1, 0.15) is 0 Å². The Morgan fingerprint density at radius 1 is 1.43 bits per heavy atom. The smallest absolute Gasteiger partial charge is 0.00497 e. The molecule has 0 saturated carbocycles. The van der Waals surface area contributed by atoms with Crippen LogP contribution in [0.1, 0.15) is 40.0 Å². The molecule has 0 radical (unpaired) electrons. The largest absolute Gasteiger partial charge is 0.316 e. The summed E-state index contributed by atoms with van der Waals surface area (Å²) in [7, 11) is 2.25. The van der Waals surface area contributed by atoms with Crippen molar-refractivity contribution in [2.75, 3.05) is 26.7 Å². The van der Waals surface area contributed by atoms with Crippen molar-refractivity contribution in [3.8, 4) is 0 Å². The second kappa shape index (κ2) is 5.13. The molecule has 2 heteroatoms. The van der Waals surface area contributed by atoms with E-state index in [0.717, 1.165) is 0 Å². The van der Waals surface area contributed by atoms with E-state index in [1.165, 1.54) is 38.9 Å². The molecule has 84 valence electrons. The minimum absolute atomic E-state index is 0.539. The van der Waals surface area contributed by atoms with Gasteiger partial charge in [-0.3, -0.25) is 0 Å². The lowest BCUT2D eigenvalue weighted by Gasteiger charge is -2.41. The van der Waals surface area contributed by atoms with Gasteiger partial charge in [0.15, 0.2) is 0 Å². The molecule has 2 nitrogen and oxygen atoms in total. The van der Waals surface area contributed by atoms with Gasteiger partial charge in [0.2, 0.25) is 0 Å². The Bertz CT molecular complexity index is 160. The fraction of sp³-hybridized carbons (Fsp3) is 1.00. The van der Waals surface area contributed by atoms with E-state index in [9.17, 15) is 0 Å². The second-order valence-corrected chi connectivity index (χ2v) is 5.14. The molecule has 1 fully saturated rings. The third-order valence-corrected chi connectivity index (χ3v) is 3.78. The fourth-order valence-corrected chi connectivity index (χ4v) is 2.29. The highest BCUT2D eigenvalue weighted by Gasteiger charge is 2.31. The van der Waals surface area contributed by atoms with Gasteiger partial charge in [-0.2, -0.15) is 0 Å². The van der Waals surface area contributed by atoms with Crippen molar-refractivity contribution >= 4 is 0 Å². The summed E-state index contributed by atoms with van der Waals surface area (Å²) in [5.74, 6) is 0. The molecular weight excluding hydrogens is 172 g/mol. The van der Waals surface area contributed by atoms with Crippen molar-refractivity contribution < 1.29 is 0 Å². The van der Waals surface area contributed by atoms with Gasteiger partial charge in [-0.15, -0.1) is 0 Å². The summed E-state index contributed by atoms with van der Waals surface area (Å²) in [6.07, 6.45) is 4.05. The Morgan fingerprint density at radius 2 is 2.14 bits per heavy atom. The molecule has 1 saturated heterocycles. The van der Waals surface area contributed by atoms with E-state index >= 15 is 0 Å². The highest BCUT2D eigenvalue weighted by molar-refractivity contribution is 4.87. The zero-order valence-corrected chi connectivity index (χ0v) is 10.3. The SMILES string of the molecule is CCC1(CN(C)C(C)C)CCCNC1. The van der Waals surface area contributed by atoms with Crippen LogP contribution in [0.25, 0.3) is 0 Å². The van der Waals surface area contributed by atoms with Crippen molar-refractivity contribution in [1.82, 2.24) is 10.2 Å². The summed E-state index contributed by atoms with van der Waals surface area (Å²) >= 11 is 0. The first-order valence-electron chi connectivity index (χ1n) is 6.00. The predicted octanol–water partition coefficient (Wildman–Crippen LogP) is 2.11. The van der Waals surface area contributed by atoms with Crippen molar-refractivity contribution in [2.45, 2.75) is 46.1 Å². The maximum Gasteiger partial charge on any atom is 0.00497 e. The van der Waals surface area contributed by atoms with Gasteiger partial charge in [-0.05, 0) is 52.1 Å². The first-order valence-corrected chi connectivity index (χ1v) is 6.00. The number of hydrogen-bond acceptors (Lipinski definition) is 2. The van der Waals surface area contributed by atoms with Gasteiger partial charge in [0.05, 0.1) is 0 Å². The Morgan fingerprint density at radius 3 is 2.57 bits per heavy atom. The maximum atomic E-state index is 3.54. The van der Waals surface area contributed by atoms with Crippen molar-refractivity contribution in [1.29, 1.82) is 0 Å². The molecule has 0 spiro atoms. The number of rotatable bonds is 4. The van der Waals surface area contributed by atoms with Crippen LogP contribution in [-0.4, -0.2) is 37.6 Å². The predicted molar refractivity (Wildman–Crippen MR) is 62.6 cm³/mol. The van der Waals surface area contributed by atoms with Crippen molar-refractivity contribution in [2.24, 2.45) is 5.41 Å². The van der Waals surface area contributed by atoms with Gasteiger partial charge < -0.3 is 10.2 Å². The van der Waals surface area contributed by atoms with Crippen LogP contribution in [0.3, 0.4) is 0 Å². The average molecular weight is 198 g/mol. The lowest BCUT2D eigenvalue weighted by molar-refractivity contribution is 0.111. The summed E-state index contributed by atoms with van der Waals surface area (Å²) in [5, 5.41) is 3.54. The fourth-order valence-electron chi connectivity index (χ4n) is 2.29. The van der Waals surface area contributed by atoms with Gasteiger partial charge >= 0.3 is 0 Å². The second-order valence-electron chi connectivity index (χ2n) is 5.14. The van der Waals surface area contributed by atoms with Gasteiger partial charge in [-0.1, -0.05) is 6.92 Å². The topological polar surface area (TPSA) is 15.3 Å². The minimum Gasteiger partial charge on any atom is -0.316 e. The molecule has 1 unspecified atom stereocenters. The molecule has 0 aromatic carbocycles. The van der Waals surface area contributed by atoms with Crippen molar-refractivity contribution in [3.63, 3.8) is 0 Å². The molecule has 1 aliphatic heterocycles. The zero-order chi connectivity index (χ0) is 10.6. The normalized spacial score (nSPS) is 28.7. The minimum atomic E-state index is 0.539. The summed E-state index contributed by atoms with van der Waals surface area (Å²) < 4.78 is 0. The summed E-state index contributed by atoms with van der Waals surface area (Å²) in [5.41, 5.74) is 0.539. The van der Waals surface area contributed by atoms with Gasteiger partial charge in [-0.25, -0.2) is 0 Å². The van der Waals surface area contributed by atoms with Crippen LogP contribution in [0, 0.1) is 5.41 Å². The third kappa shape index (κ3) is 2.96. The van der Waals surface area contributed by atoms with Crippen LogP contribution in [0.5, 0.6) is 0 Å². The molecule has 0 bridgehead atoms. The van der Waals surface area contributed by atoms with Gasteiger partial charge in [0, 0.05) is 19.1 Å². The molecule has 0 aromatic rings. The highest BCUT2D eigenvalue weighted by Crippen LogP contribution is 2.31. The van der Waals surface area contributed by atoms with E-state index in [2.05, 4.69) is 38.0 Å². The van der Waals surface area contributed by atoms with Gasteiger partial charge in [0.25, 0.3) is 0 Å². The van der Waals surface area contributed by atoms with Crippen LogP contribution in [0.2, 0.25) is 0 Å². The number of hydrogen-bond donors (Lipinski definition) is 1. The Hall–Kier alpha value is -0.0800. The standard InChI is InChI=1S/C12H26N2/c1-5-12(7-6-8-13-9-12)10-14(4)11(2)3/h11,13H,5-10H2,1-4H3. The molecule has 0 aliphatic carbocycles. The zero-order valence-electron chi connectivity index (χ0n) is 10.3. The van der Waals surface area contributed by atoms with E-state index < -0.39 is 0 Å². The first kappa shape index (κ1) is 12.0. The third-order valence-electron chi connectivity index (χ3n) is 3.78. The molecule has 0 aromatic heterocycles. The van der Waals surface area contributed by atoms with E-state index in [0.29, 0.717) is 11.5 Å². The lowest BCUT2D eigenvalue weighted by Crippen LogP contribution is -2.47. The summed E-state index contributed by atoms with van der Waals surface area (Å²) in [4.78, 5) is 2.48. The van der Waals surface area contributed by atoms with E-state index in [1.807, 2.05) is 0 Å². The Labute approximate surface area is 89.1 Å². The number of piperidine rings is 1. The molecule has 14 heavy (non-hydrogen) atoms. The Kier molecular flexibility index (Phi) is 4.39. The highest BCUT2D eigenvalue weighted by atomic mass is 15.1. The average Bonchev–Trinajstić information content (AvgIpc) is 2.19. The van der Waals surface area contributed by atoms with E-state index in [4.69, 9.17) is 0 Å². The quantitative estimate of drug-likeness (QED) is 0.744. The molecular formula is C12H26N2. The van der Waals surface area contributed by atoms with Crippen LogP contribution < -0.4 is 5.32 Å². The van der Waals surface area contributed by atoms with Crippen molar-refractivity contribution in [3.05, 3.63) is 0 Å². The Balaban J connectivity index is 2.51. The molecule has 1 N–H and O–H groups in total. The number of nitrogens with zero attached hydrogens (tertiary/aromatic N) is 1. The molecule has 1 atom stereocenters. The lowest BCUT2D eigenvalue weighted by atomic mass is 9.78. The van der Waals surface area contributed by atoms with Crippen LogP contribution in [-0.2, 0) is 0 Å². The molecule has 1 aliphatic rings. The number of nitrogens with one attached hydrogen (secondary N) is 1. The summed E-state index contributed by atoms with van der Waals surface area (Å²) in [6, 6.07) is 0.667.